The molecule has 1 fully saturated rings. The maximum atomic E-state index is 5.74. The summed E-state index contributed by atoms with van der Waals surface area (Å²) in [7, 11) is 0. The lowest BCUT2D eigenvalue weighted by molar-refractivity contribution is 0.520. The molecule has 0 bridgehead atoms. The number of rotatable bonds is 3. The molecule has 2 unspecified atom stereocenters. The number of nitrogens with one attached hydrogen (secondary N) is 2. The van der Waals surface area contributed by atoms with E-state index >= 15 is 0 Å². The Morgan fingerprint density at radius 3 is 3.06 bits per heavy atom. The van der Waals surface area contributed by atoms with Crippen molar-refractivity contribution in [3.05, 3.63) is 35.5 Å². The van der Waals surface area contributed by atoms with E-state index in [2.05, 4.69) is 41.6 Å². The molecule has 0 saturated carbocycles. The topological polar surface area (TPSA) is 53.8 Å². The van der Waals surface area contributed by atoms with E-state index in [4.69, 9.17) is 5.73 Å². The second kappa shape index (κ2) is 4.75. The smallest absolute Gasteiger partial charge is 0.0457 e. The van der Waals surface area contributed by atoms with E-state index < -0.39 is 0 Å². The zero-order valence-electron chi connectivity index (χ0n) is 10.9. The second-order valence-corrected chi connectivity index (χ2v) is 5.32. The molecule has 3 heteroatoms. The normalized spacial score (nSPS) is 21.6. The van der Waals surface area contributed by atoms with Gasteiger partial charge in [0.05, 0.1) is 0 Å². The number of aromatic nitrogens is 1. The quantitative estimate of drug-likeness (QED) is 0.775. The third kappa shape index (κ3) is 1.93. The Hall–Kier alpha value is -1.32. The second-order valence-electron chi connectivity index (χ2n) is 5.32. The number of H-pyrrole nitrogens is 1. The first-order valence-corrected chi connectivity index (χ1v) is 6.83. The predicted octanol–water partition coefficient (Wildman–Crippen LogP) is 2.48. The zero-order valence-corrected chi connectivity index (χ0v) is 10.9. The highest BCUT2D eigenvalue weighted by Gasteiger charge is 2.24. The van der Waals surface area contributed by atoms with Gasteiger partial charge in [0.15, 0.2) is 0 Å². The van der Waals surface area contributed by atoms with Gasteiger partial charge in [0, 0.05) is 29.7 Å². The maximum Gasteiger partial charge on any atom is 0.0457 e. The Balaban J connectivity index is 1.99. The Kier molecular flexibility index (Phi) is 3.10. The Labute approximate surface area is 108 Å². The summed E-state index contributed by atoms with van der Waals surface area (Å²) in [4.78, 5) is 3.38. The number of fused-ring (bicyclic) bond motifs is 1. The number of benzene rings is 1. The van der Waals surface area contributed by atoms with Crippen LogP contribution in [0.25, 0.3) is 10.9 Å². The summed E-state index contributed by atoms with van der Waals surface area (Å²) in [5, 5.41) is 4.93. The summed E-state index contributed by atoms with van der Waals surface area (Å²) >= 11 is 0. The standard InChI is InChI=1S/C15H21N3/c1-10(14-3-2-6-17-14)13-9-18-15-5-4-11(8-16)7-12(13)15/h4-5,7,9-10,14,17-18H,2-3,6,8,16H2,1H3. The number of nitrogens with two attached hydrogens (primary N) is 1. The summed E-state index contributed by atoms with van der Waals surface area (Å²) < 4.78 is 0. The highest BCUT2D eigenvalue weighted by Crippen LogP contribution is 2.31. The van der Waals surface area contributed by atoms with E-state index in [-0.39, 0.29) is 0 Å². The summed E-state index contributed by atoms with van der Waals surface area (Å²) in [6.07, 6.45) is 4.74. The molecule has 2 aromatic rings. The van der Waals surface area contributed by atoms with Crippen molar-refractivity contribution in [3.8, 4) is 0 Å². The highest BCUT2D eigenvalue weighted by atomic mass is 14.9. The molecule has 1 aliphatic heterocycles. The Morgan fingerprint density at radius 1 is 1.44 bits per heavy atom. The summed E-state index contributed by atoms with van der Waals surface area (Å²) in [5.41, 5.74) is 9.57. The van der Waals surface area contributed by atoms with Crippen molar-refractivity contribution in [2.75, 3.05) is 6.54 Å². The van der Waals surface area contributed by atoms with Crippen molar-refractivity contribution in [2.45, 2.75) is 38.3 Å². The van der Waals surface area contributed by atoms with Crippen LogP contribution in [0.1, 0.15) is 36.8 Å². The molecule has 3 rings (SSSR count). The van der Waals surface area contributed by atoms with Crippen LogP contribution in [0.2, 0.25) is 0 Å². The molecule has 0 aliphatic carbocycles. The van der Waals surface area contributed by atoms with Crippen LogP contribution in [-0.4, -0.2) is 17.6 Å². The molecule has 1 aliphatic rings. The highest BCUT2D eigenvalue weighted by molar-refractivity contribution is 5.84. The molecular weight excluding hydrogens is 222 g/mol. The number of aromatic amines is 1. The van der Waals surface area contributed by atoms with E-state index in [1.807, 2.05) is 0 Å². The average Bonchev–Trinajstić information content (AvgIpc) is 3.06. The number of hydrogen-bond acceptors (Lipinski definition) is 2. The molecule has 0 spiro atoms. The van der Waals surface area contributed by atoms with Crippen molar-refractivity contribution in [2.24, 2.45) is 5.73 Å². The molecule has 4 N–H and O–H groups in total. The molecule has 2 atom stereocenters. The van der Waals surface area contributed by atoms with Crippen LogP contribution in [0.5, 0.6) is 0 Å². The molecule has 0 radical (unpaired) electrons. The molecular formula is C15H21N3. The van der Waals surface area contributed by atoms with Crippen LogP contribution >= 0.6 is 0 Å². The molecule has 96 valence electrons. The van der Waals surface area contributed by atoms with Crippen LogP contribution in [0.15, 0.2) is 24.4 Å². The fourth-order valence-electron chi connectivity index (χ4n) is 3.05. The van der Waals surface area contributed by atoms with Crippen LogP contribution in [0.3, 0.4) is 0 Å². The zero-order chi connectivity index (χ0) is 12.5. The minimum absolute atomic E-state index is 0.550. The van der Waals surface area contributed by atoms with Crippen molar-refractivity contribution >= 4 is 10.9 Å². The average molecular weight is 243 g/mol. The lowest BCUT2D eigenvalue weighted by atomic mass is 9.91. The minimum Gasteiger partial charge on any atom is -0.361 e. The van der Waals surface area contributed by atoms with Crippen LogP contribution in [-0.2, 0) is 6.54 Å². The van der Waals surface area contributed by atoms with Gasteiger partial charge in [-0.25, -0.2) is 0 Å². The van der Waals surface area contributed by atoms with Gasteiger partial charge >= 0.3 is 0 Å². The lowest BCUT2D eigenvalue weighted by Gasteiger charge is -2.19. The van der Waals surface area contributed by atoms with Crippen molar-refractivity contribution in [3.63, 3.8) is 0 Å². The van der Waals surface area contributed by atoms with E-state index in [0.29, 0.717) is 18.5 Å². The van der Waals surface area contributed by atoms with Gasteiger partial charge in [0.1, 0.15) is 0 Å². The first kappa shape index (κ1) is 11.8. The predicted molar refractivity (Wildman–Crippen MR) is 75.6 cm³/mol. The third-order valence-corrected chi connectivity index (χ3v) is 4.21. The van der Waals surface area contributed by atoms with Crippen LogP contribution in [0, 0.1) is 0 Å². The fourth-order valence-corrected chi connectivity index (χ4v) is 3.05. The van der Waals surface area contributed by atoms with E-state index in [1.54, 1.807) is 0 Å². The lowest BCUT2D eigenvalue weighted by Crippen LogP contribution is -2.27. The van der Waals surface area contributed by atoms with Gasteiger partial charge in [0.2, 0.25) is 0 Å². The van der Waals surface area contributed by atoms with E-state index in [1.165, 1.54) is 34.9 Å². The summed E-state index contributed by atoms with van der Waals surface area (Å²) in [6.45, 7) is 4.09. The van der Waals surface area contributed by atoms with Gasteiger partial charge in [0.25, 0.3) is 0 Å². The summed E-state index contributed by atoms with van der Waals surface area (Å²) in [6, 6.07) is 7.08. The Bertz CT molecular complexity index is 538. The molecule has 1 saturated heterocycles. The Morgan fingerprint density at radius 2 is 2.33 bits per heavy atom. The molecule has 2 heterocycles. The van der Waals surface area contributed by atoms with E-state index in [9.17, 15) is 0 Å². The molecule has 3 nitrogen and oxygen atoms in total. The van der Waals surface area contributed by atoms with E-state index in [0.717, 1.165) is 6.54 Å². The first-order chi connectivity index (χ1) is 8.79. The molecule has 0 amide bonds. The first-order valence-electron chi connectivity index (χ1n) is 6.83. The SMILES string of the molecule is CC(c1c[nH]c2ccc(CN)cc12)C1CCCN1. The third-order valence-electron chi connectivity index (χ3n) is 4.21. The largest absolute Gasteiger partial charge is 0.361 e. The maximum absolute atomic E-state index is 5.74. The van der Waals surface area contributed by atoms with Gasteiger partial charge in [-0.15, -0.1) is 0 Å². The summed E-state index contributed by atoms with van der Waals surface area (Å²) in [5.74, 6) is 0.550. The van der Waals surface area contributed by atoms with Crippen molar-refractivity contribution in [1.82, 2.24) is 10.3 Å². The van der Waals surface area contributed by atoms with Gasteiger partial charge < -0.3 is 16.0 Å². The van der Waals surface area contributed by atoms with Gasteiger partial charge in [-0.3, -0.25) is 0 Å². The van der Waals surface area contributed by atoms with Crippen LogP contribution in [0.4, 0.5) is 0 Å². The van der Waals surface area contributed by atoms with Crippen molar-refractivity contribution in [1.29, 1.82) is 0 Å². The van der Waals surface area contributed by atoms with Gasteiger partial charge in [-0.2, -0.15) is 0 Å². The van der Waals surface area contributed by atoms with Gasteiger partial charge in [-0.05, 0) is 48.6 Å². The van der Waals surface area contributed by atoms with Crippen molar-refractivity contribution < 1.29 is 0 Å². The molecule has 18 heavy (non-hydrogen) atoms. The minimum atomic E-state index is 0.550. The monoisotopic (exact) mass is 243 g/mol. The molecule has 1 aromatic heterocycles. The number of hydrogen-bond donors (Lipinski definition) is 3. The molecule has 1 aromatic carbocycles. The fraction of sp³-hybridized carbons (Fsp3) is 0.467. The van der Waals surface area contributed by atoms with Crippen LogP contribution < -0.4 is 11.1 Å². The van der Waals surface area contributed by atoms with Gasteiger partial charge in [-0.1, -0.05) is 13.0 Å².